The monoisotopic (exact) mass is 691 g/mol. The molecule has 2 aliphatic carbocycles. The quantitative estimate of drug-likeness (QED) is 0.160. The number of nitrogens with one attached hydrogen (secondary N) is 4. The van der Waals surface area contributed by atoms with E-state index in [4.69, 9.17) is 0 Å². The fourth-order valence-corrected chi connectivity index (χ4v) is 8.68. The Kier molecular flexibility index (Phi) is 12.7. The van der Waals surface area contributed by atoms with Crippen molar-refractivity contribution < 1.29 is 28.2 Å². The second-order valence-electron chi connectivity index (χ2n) is 16.8. The third-order valence-corrected chi connectivity index (χ3v) is 12.7. The van der Waals surface area contributed by atoms with Crippen LogP contribution in [0.15, 0.2) is 12.7 Å². The summed E-state index contributed by atoms with van der Waals surface area (Å²) in [4.78, 5) is 69.4. The molecule has 1 heterocycles. The maximum absolute atomic E-state index is 14.4. The molecule has 0 radical (unpaired) electrons. The van der Waals surface area contributed by atoms with Gasteiger partial charge >= 0.3 is 6.03 Å². The largest absolute Gasteiger partial charge is 0.346 e. The van der Waals surface area contributed by atoms with Gasteiger partial charge in [0.1, 0.15) is 12.1 Å². The first-order valence-corrected chi connectivity index (χ1v) is 19.0. The molecular formula is C36H61N5O6S. The van der Waals surface area contributed by atoms with Gasteiger partial charge in [-0.15, -0.1) is 6.58 Å². The number of rotatable bonds is 14. The van der Waals surface area contributed by atoms with Gasteiger partial charge in [0.15, 0.2) is 0 Å². The third-order valence-electron chi connectivity index (χ3n) is 10.5. The highest BCUT2D eigenvalue weighted by Gasteiger charge is 2.70. The molecule has 0 aromatic rings. The van der Waals surface area contributed by atoms with Crippen LogP contribution in [0.4, 0.5) is 4.79 Å². The fraction of sp³-hybridized carbons (Fsp3) is 0.806. The first-order valence-electron chi connectivity index (χ1n) is 17.7. The number of unbranched alkanes of at least 4 members (excludes halogenated alkanes) is 1. The molecule has 48 heavy (non-hydrogen) atoms. The normalized spacial score (nSPS) is 24.7. The predicted molar refractivity (Wildman–Crippen MR) is 189 cm³/mol. The van der Waals surface area contributed by atoms with Crippen LogP contribution in [0.3, 0.4) is 0 Å². The molecule has 1 saturated heterocycles. The van der Waals surface area contributed by atoms with Crippen molar-refractivity contribution in [1.29, 1.82) is 0 Å². The van der Waals surface area contributed by atoms with Gasteiger partial charge in [-0.05, 0) is 62.7 Å². The Hall–Kier alpha value is -2.76. The molecule has 1 aliphatic heterocycles. The average Bonchev–Trinajstić information content (AvgIpc) is 3.30. The summed E-state index contributed by atoms with van der Waals surface area (Å²) >= 11 is 0. The van der Waals surface area contributed by atoms with Crippen molar-refractivity contribution in [3.05, 3.63) is 12.7 Å². The molecule has 6 atom stereocenters. The lowest BCUT2D eigenvalue weighted by Crippen LogP contribution is -2.64. The molecule has 4 N–H and O–H groups in total. The lowest BCUT2D eigenvalue weighted by molar-refractivity contribution is -0.145. The molecule has 272 valence electrons. The van der Waals surface area contributed by atoms with Gasteiger partial charge in [-0.2, -0.15) is 0 Å². The molecule has 12 heteroatoms. The Bertz CT molecular complexity index is 1260. The fourth-order valence-electron chi connectivity index (χ4n) is 7.38. The van der Waals surface area contributed by atoms with Crippen LogP contribution in [0.1, 0.15) is 114 Å². The number of hydrogen-bond acceptors (Lipinski definition) is 6. The minimum absolute atomic E-state index is 0.0882. The van der Waals surface area contributed by atoms with E-state index < -0.39 is 68.3 Å². The average molecular weight is 692 g/mol. The van der Waals surface area contributed by atoms with Crippen molar-refractivity contribution in [1.82, 2.24) is 26.2 Å². The van der Waals surface area contributed by atoms with E-state index >= 15 is 0 Å². The number of carbonyl (C=O) groups is 5. The number of amides is 5. The van der Waals surface area contributed by atoms with E-state index in [0.29, 0.717) is 38.0 Å². The molecule has 3 aliphatic rings. The van der Waals surface area contributed by atoms with Gasteiger partial charge in [0.2, 0.25) is 17.6 Å². The van der Waals surface area contributed by atoms with Crippen LogP contribution in [0.2, 0.25) is 0 Å². The van der Waals surface area contributed by atoms with Crippen molar-refractivity contribution in [2.45, 2.75) is 142 Å². The summed E-state index contributed by atoms with van der Waals surface area (Å²) in [6.07, 6.45) is 7.50. The third kappa shape index (κ3) is 9.27. The molecule has 0 spiro atoms. The van der Waals surface area contributed by atoms with Gasteiger partial charge in [-0.25, -0.2) is 4.79 Å². The van der Waals surface area contributed by atoms with E-state index in [1.165, 1.54) is 6.08 Å². The number of urea groups is 1. The zero-order chi connectivity index (χ0) is 36.2. The van der Waals surface area contributed by atoms with Crippen molar-refractivity contribution in [3.63, 3.8) is 0 Å². The summed E-state index contributed by atoms with van der Waals surface area (Å²) in [6, 6.07) is -3.31. The summed E-state index contributed by atoms with van der Waals surface area (Å²) in [7, 11) is -1.18. The molecule has 4 unspecified atom stereocenters. The van der Waals surface area contributed by atoms with E-state index in [-0.39, 0.29) is 29.7 Å². The summed E-state index contributed by atoms with van der Waals surface area (Å²) in [5, 5.41) is 11.5. The van der Waals surface area contributed by atoms with E-state index in [1.807, 2.05) is 48.5 Å². The van der Waals surface area contributed by atoms with Crippen molar-refractivity contribution in [3.8, 4) is 0 Å². The number of ketones is 1. The van der Waals surface area contributed by atoms with Crippen LogP contribution in [0.25, 0.3) is 0 Å². The number of likely N-dealkylation sites (tertiary alicyclic amines) is 1. The topological polar surface area (TPSA) is 154 Å². The minimum Gasteiger partial charge on any atom is -0.346 e. The lowest BCUT2D eigenvalue weighted by atomic mass is 9.83. The highest BCUT2D eigenvalue weighted by atomic mass is 32.2. The second-order valence-corrected chi connectivity index (χ2v) is 19.0. The van der Waals surface area contributed by atoms with Crippen LogP contribution in [0, 0.1) is 22.7 Å². The van der Waals surface area contributed by atoms with Gasteiger partial charge < -0.3 is 26.2 Å². The van der Waals surface area contributed by atoms with Gasteiger partial charge in [-0.3, -0.25) is 23.4 Å². The summed E-state index contributed by atoms with van der Waals surface area (Å²) in [6.45, 7) is 21.6. The van der Waals surface area contributed by atoms with Crippen molar-refractivity contribution >= 4 is 40.3 Å². The number of nitrogens with zero attached hydrogens (tertiary/aromatic N) is 1. The molecule has 11 nitrogen and oxygen atoms in total. The highest BCUT2D eigenvalue weighted by Crippen LogP contribution is 2.65. The van der Waals surface area contributed by atoms with E-state index in [9.17, 15) is 28.2 Å². The summed E-state index contributed by atoms with van der Waals surface area (Å²) < 4.78 is 12.8. The second kappa shape index (κ2) is 15.4. The standard InChI is InChI=1S/C36H61N5O6S/c1-11-13-17-24(27(42)30(44)37-20-12-2)38-29(43)26-25-23(35(25,9)10)21-41(26)31(45)28(33(3,4)5)39-32(46)40-36(18-15-14-16-19-36)22-48(47)34(6,7)8/h12,23-26,28H,2,11,13-22H2,1,3-10H3,(H,37,44)(H,38,43)(H2,39,40,46)/t23?,24?,25?,26-,28+,48?/m0/s1. The summed E-state index contributed by atoms with van der Waals surface area (Å²) in [5.74, 6) is -2.03. The number of Topliss-reactive ketones (excluding diaryl/α,β-unsaturated/α-hetero) is 1. The summed E-state index contributed by atoms with van der Waals surface area (Å²) in [5.41, 5.74) is -1.51. The van der Waals surface area contributed by atoms with Crippen LogP contribution < -0.4 is 21.3 Å². The number of hydrogen-bond donors (Lipinski definition) is 4. The van der Waals surface area contributed by atoms with Crippen LogP contribution in [0.5, 0.6) is 0 Å². The number of carbonyl (C=O) groups excluding carboxylic acids is 5. The lowest BCUT2D eigenvalue weighted by Gasteiger charge is -2.41. The zero-order valence-corrected chi connectivity index (χ0v) is 31.6. The molecule has 0 aromatic carbocycles. The van der Waals surface area contributed by atoms with Crippen molar-refractivity contribution in [2.24, 2.45) is 22.7 Å². The minimum atomic E-state index is -1.18. The Labute approximate surface area is 290 Å². The van der Waals surface area contributed by atoms with Gasteiger partial charge in [-0.1, -0.05) is 79.7 Å². The number of piperidine rings is 1. The molecule has 2 saturated carbocycles. The molecule has 3 rings (SSSR count). The first-order chi connectivity index (χ1) is 22.2. The van der Waals surface area contributed by atoms with E-state index in [1.54, 1.807) is 4.90 Å². The van der Waals surface area contributed by atoms with Crippen LogP contribution >= 0.6 is 0 Å². The molecule has 3 fully saturated rings. The Balaban J connectivity index is 1.84. The molecule has 5 amide bonds. The van der Waals surface area contributed by atoms with Crippen molar-refractivity contribution in [2.75, 3.05) is 18.8 Å². The van der Waals surface area contributed by atoms with Crippen LogP contribution in [-0.4, -0.2) is 85.9 Å². The van der Waals surface area contributed by atoms with E-state index in [2.05, 4.69) is 41.7 Å². The smallest absolute Gasteiger partial charge is 0.315 e. The van der Waals surface area contributed by atoms with Gasteiger partial charge in [0, 0.05) is 34.4 Å². The molecule has 0 bridgehead atoms. The maximum atomic E-state index is 14.4. The maximum Gasteiger partial charge on any atom is 0.315 e. The van der Waals surface area contributed by atoms with E-state index in [0.717, 1.165) is 25.7 Å². The Morgan fingerprint density at radius 2 is 1.62 bits per heavy atom. The van der Waals surface area contributed by atoms with Gasteiger partial charge in [0.05, 0.1) is 11.6 Å². The SMILES string of the molecule is C=CCNC(=O)C(=O)C(CCCC)NC(=O)[C@@H]1C2C(CN1C(=O)[C@@H](NC(=O)NC1(CS(=O)C(C)(C)C)CCCCC1)C(C)(C)C)C2(C)C. The molecule has 0 aromatic heterocycles. The Morgan fingerprint density at radius 1 is 1.00 bits per heavy atom. The number of fused-ring (bicyclic) bond motifs is 1. The van der Waals surface area contributed by atoms with Gasteiger partial charge in [0.25, 0.3) is 5.91 Å². The predicted octanol–water partition coefficient (Wildman–Crippen LogP) is 3.98. The first kappa shape index (κ1) is 39.7. The Morgan fingerprint density at radius 3 is 2.17 bits per heavy atom. The van der Waals surface area contributed by atoms with Crippen LogP contribution in [-0.2, 0) is 30.0 Å². The highest BCUT2D eigenvalue weighted by molar-refractivity contribution is 7.86. The zero-order valence-electron chi connectivity index (χ0n) is 30.8. The molecular weight excluding hydrogens is 630 g/mol.